The number of benzene rings is 3. The highest BCUT2D eigenvalue weighted by atomic mass is 35.5. The van der Waals surface area contributed by atoms with Crippen molar-refractivity contribution in [3.8, 4) is 5.75 Å². The Morgan fingerprint density at radius 3 is 2.75 bits per heavy atom. The number of unbranched alkanes of at least 4 members (excludes halogenated alkanes) is 1. The van der Waals surface area contributed by atoms with E-state index in [4.69, 9.17) is 16.3 Å². The second kappa shape index (κ2) is 12.2. The van der Waals surface area contributed by atoms with Crippen LogP contribution in [0.25, 0.3) is 23.1 Å². The molecule has 1 atom stereocenters. The predicted molar refractivity (Wildman–Crippen MR) is 147 cm³/mol. The Bertz CT molecular complexity index is 1370. The number of aromatic nitrogens is 1. The lowest BCUT2D eigenvalue weighted by atomic mass is 10.1. The SMILES string of the molecule is CCCCC(Oc1ccccc1CNc1cccc(/C=C/c2ccc3cc(Cl)ccc3n2)c1)C(=O)O. The third-order valence-corrected chi connectivity index (χ3v) is 6.06. The zero-order chi connectivity index (χ0) is 25.3. The Kier molecular flexibility index (Phi) is 8.58. The van der Waals surface area contributed by atoms with Gasteiger partial charge in [0, 0.05) is 28.2 Å². The maximum absolute atomic E-state index is 11.6. The van der Waals surface area contributed by atoms with E-state index in [-0.39, 0.29) is 0 Å². The minimum Gasteiger partial charge on any atom is -0.479 e. The van der Waals surface area contributed by atoms with E-state index in [1.807, 2.05) is 91.9 Å². The maximum Gasteiger partial charge on any atom is 0.344 e. The van der Waals surface area contributed by atoms with Crippen LogP contribution in [-0.2, 0) is 11.3 Å². The highest BCUT2D eigenvalue weighted by Crippen LogP contribution is 2.23. The van der Waals surface area contributed by atoms with E-state index < -0.39 is 12.1 Å². The average molecular weight is 501 g/mol. The first-order valence-corrected chi connectivity index (χ1v) is 12.5. The molecule has 1 aromatic heterocycles. The molecule has 4 rings (SSSR count). The van der Waals surface area contributed by atoms with Gasteiger partial charge in [0.15, 0.2) is 6.10 Å². The second-order valence-corrected chi connectivity index (χ2v) is 9.02. The van der Waals surface area contributed by atoms with Gasteiger partial charge in [-0.3, -0.25) is 0 Å². The summed E-state index contributed by atoms with van der Waals surface area (Å²) < 4.78 is 5.88. The molecule has 1 unspecified atom stereocenters. The number of aliphatic carboxylic acids is 1. The van der Waals surface area contributed by atoms with Gasteiger partial charge in [-0.25, -0.2) is 9.78 Å². The number of pyridine rings is 1. The quantitative estimate of drug-likeness (QED) is 0.221. The molecule has 1 heterocycles. The Morgan fingerprint density at radius 2 is 1.92 bits per heavy atom. The molecule has 0 fully saturated rings. The van der Waals surface area contributed by atoms with Crippen molar-refractivity contribution in [1.82, 2.24) is 4.98 Å². The second-order valence-electron chi connectivity index (χ2n) is 8.58. The van der Waals surface area contributed by atoms with Crippen molar-refractivity contribution in [2.75, 3.05) is 5.32 Å². The summed E-state index contributed by atoms with van der Waals surface area (Å²) >= 11 is 6.06. The predicted octanol–water partition coefficient (Wildman–Crippen LogP) is 7.69. The van der Waals surface area contributed by atoms with Crippen LogP contribution >= 0.6 is 11.6 Å². The molecule has 184 valence electrons. The van der Waals surface area contributed by atoms with Crippen LogP contribution in [0.2, 0.25) is 5.02 Å². The number of carbonyl (C=O) groups is 1. The molecular formula is C30H29ClN2O3. The van der Waals surface area contributed by atoms with Gasteiger partial charge in [0.05, 0.1) is 11.2 Å². The zero-order valence-corrected chi connectivity index (χ0v) is 20.9. The van der Waals surface area contributed by atoms with Crippen LogP contribution in [0.3, 0.4) is 0 Å². The largest absolute Gasteiger partial charge is 0.479 e. The van der Waals surface area contributed by atoms with Crippen molar-refractivity contribution in [2.24, 2.45) is 0 Å². The lowest BCUT2D eigenvalue weighted by molar-refractivity contribution is -0.145. The van der Waals surface area contributed by atoms with Crippen molar-refractivity contribution < 1.29 is 14.6 Å². The van der Waals surface area contributed by atoms with Crippen LogP contribution in [0.15, 0.2) is 78.9 Å². The number of carboxylic acid groups (broad SMARTS) is 1. The summed E-state index contributed by atoms with van der Waals surface area (Å²) in [5, 5.41) is 14.7. The number of anilines is 1. The van der Waals surface area contributed by atoms with Crippen LogP contribution in [0.1, 0.15) is 43.0 Å². The molecule has 0 saturated carbocycles. The molecule has 0 aliphatic carbocycles. The minimum atomic E-state index is -0.935. The van der Waals surface area contributed by atoms with E-state index in [0.717, 1.165) is 46.3 Å². The van der Waals surface area contributed by atoms with E-state index in [9.17, 15) is 9.90 Å². The molecule has 6 heteroatoms. The number of nitrogens with zero attached hydrogens (tertiary/aromatic N) is 1. The first kappa shape index (κ1) is 25.3. The zero-order valence-electron chi connectivity index (χ0n) is 20.2. The molecular weight excluding hydrogens is 472 g/mol. The Balaban J connectivity index is 1.43. The van der Waals surface area contributed by atoms with Gasteiger partial charge in [0.1, 0.15) is 5.75 Å². The first-order valence-electron chi connectivity index (χ1n) is 12.1. The van der Waals surface area contributed by atoms with E-state index in [1.54, 1.807) is 0 Å². The van der Waals surface area contributed by atoms with Crippen LogP contribution in [-0.4, -0.2) is 22.2 Å². The molecule has 0 spiro atoms. The smallest absolute Gasteiger partial charge is 0.344 e. The fraction of sp³-hybridized carbons (Fsp3) is 0.200. The van der Waals surface area contributed by atoms with Crippen LogP contribution in [0.4, 0.5) is 5.69 Å². The normalized spacial score (nSPS) is 12.1. The molecule has 0 amide bonds. The van der Waals surface area contributed by atoms with Crippen molar-refractivity contribution in [3.05, 3.63) is 101 Å². The molecule has 0 aliphatic heterocycles. The number of fused-ring (bicyclic) bond motifs is 1. The summed E-state index contributed by atoms with van der Waals surface area (Å²) in [6.45, 7) is 2.55. The van der Waals surface area contributed by atoms with Gasteiger partial charge >= 0.3 is 5.97 Å². The molecule has 0 saturated heterocycles. The molecule has 0 radical (unpaired) electrons. The van der Waals surface area contributed by atoms with Gasteiger partial charge in [-0.1, -0.05) is 67.4 Å². The fourth-order valence-electron chi connectivity index (χ4n) is 3.88. The molecule has 36 heavy (non-hydrogen) atoms. The van der Waals surface area contributed by atoms with Crippen LogP contribution < -0.4 is 10.1 Å². The van der Waals surface area contributed by atoms with Crippen molar-refractivity contribution in [1.29, 1.82) is 0 Å². The molecule has 5 nitrogen and oxygen atoms in total. The summed E-state index contributed by atoms with van der Waals surface area (Å²) in [6.07, 6.45) is 5.38. The fourth-order valence-corrected chi connectivity index (χ4v) is 4.06. The summed E-state index contributed by atoms with van der Waals surface area (Å²) in [5.74, 6) is -0.344. The summed E-state index contributed by atoms with van der Waals surface area (Å²) in [5.41, 5.74) is 4.66. The van der Waals surface area contributed by atoms with Crippen LogP contribution in [0.5, 0.6) is 5.75 Å². The van der Waals surface area contributed by atoms with Gasteiger partial charge in [-0.2, -0.15) is 0 Å². The number of carboxylic acids is 1. The third-order valence-electron chi connectivity index (χ3n) is 5.83. The number of hydrogen-bond donors (Lipinski definition) is 2. The Labute approximate surface area is 216 Å². The standard InChI is InChI=1S/C30H29ClN2O3/c1-2-3-10-29(30(34)35)36-28-11-5-4-8-23(28)20-32-26-9-6-7-21(18-26)12-15-25-16-13-22-19-24(31)14-17-27(22)33-25/h4-9,11-19,29,32H,2-3,10,20H2,1H3,(H,34,35)/b15-12+. The monoisotopic (exact) mass is 500 g/mol. The molecule has 3 aromatic carbocycles. The topological polar surface area (TPSA) is 71.5 Å². The summed E-state index contributed by atoms with van der Waals surface area (Å²) in [7, 11) is 0. The third kappa shape index (κ3) is 6.86. The number of ether oxygens (including phenoxy) is 1. The minimum absolute atomic E-state index is 0.488. The van der Waals surface area contributed by atoms with E-state index >= 15 is 0 Å². The number of nitrogens with one attached hydrogen (secondary N) is 1. The van der Waals surface area contributed by atoms with Gasteiger partial charge in [-0.15, -0.1) is 0 Å². The Morgan fingerprint density at radius 1 is 1.06 bits per heavy atom. The van der Waals surface area contributed by atoms with Crippen molar-refractivity contribution in [2.45, 2.75) is 38.8 Å². The van der Waals surface area contributed by atoms with E-state index in [1.165, 1.54) is 0 Å². The molecule has 0 aliphatic rings. The van der Waals surface area contributed by atoms with Crippen LogP contribution in [0, 0.1) is 0 Å². The van der Waals surface area contributed by atoms with Crippen molar-refractivity contribution >= 4 is 46.3 Å². The van der Waals surface area contributed by atoms with E-state index in [0.29, 0.717) is 23.7 Å². The highest BCUT2D eigenvalue weighted by Gasteiger charge is 2.20. The molecule has 2 N–H and O–H groups in total. The van der Waals surface area contributed by atoms with E-state index in [2.05, 4.69) is 16.4 Å². The number of para-hydroxylation sites is 1. The first-order chi connectivity index (χ1) is 17.5. The van der Waals surface area contributed by atoms with Gasteiger partial charge < -0.3 is 15.2 Å². The van der Waals surface area contributed by atoms with Gasteiger partial charge in [-0.05, 0) is 66.9 Å². The number of rotatable bonds is 11. The summed E-state index contributed by atoms with van der Waals surface area (Å²) in [6, 6.07) is 25.3. The Hall–Kier alpha value is -3.83. The van der Waals surface area contributed by atoms with Crippen molar-refractivity contribution in [3.63, 3.8) is 0 Å². The lowest BCUT2D eigenvalue weighted by Gasteiger charge is -2.18. The summed E-state index contributed by atoms with van der Waals surface area (Å²) in [4.78, 5) is 16.3. The number of hydrogen-bond acceptors (Lipinski definition) is 4. The van der Waals surface area contributed by atoms with Gasteiger partial charge in [0.2, 0.25) is 0 Å². The molecule has 4 aromatic rings. The average Bonchev–Trinajstić information content (AvgIpc) is 2.89. The van der Waals surface area contributed by atoms with Gasteiger partial charge in [0.25, 0.3) is 0 Å². The number of halogens is 1. The molecule has 0 bridgehead atoms. The highest BCUT2D eigenvalue weighted by molar-refractivity contribution is 6.31. The maximum atomic E-state index is 11.6. The lowest BCUT2D eigenvalue weighted by Crippen LogP contribution is -2.27.